The van der Waals surface area contributed by atoms with Crippen LogP contribution in [0.5, 0.6) is 0 Å². The Morgan fingerprint density at radius 1 is 1.52 bits per heavy atom. The van der Waals surface area contributed by atoms with E-state index < -0.39 is 0 Å². The van der Waals surface area contributed by atoms with Crippen molar-refractivity contribution in [3.63, 3.8) is 0 Å². The number of rotatable bonds is 4. The van der Waals surface area contributed by atoms with Crippen molar-refractivity contribution in [2.75, 3.05) is 13.2 Å². The maximum absolute atomic E-state index is 12.2. The first kappa shape index (κ1) is 15.3. The predicted molar refractivity (Wildman–Crippen MR) is 88.5 cm³/mol. The molecule has 1 aliphatic rings. The van der Waals surface area contributed by atoms with Crippen LogP contribution in [0.1, 0.15) is 18.4 Å². The van der Waals surface area contributed by atoms with Gasteiger partial charge in [0.05, 0.1) is 6.10 Å². The molecule has 1 saturated heterocycles. The van der Waals surface area contributed by atoms with Gasteiger partial charge in [-0.25, -0.2) is 0 Å². The zero-order valence-corrected chi connectivity index (χ0v) is 13.1. The number of nitriles is 1. The molecule has 23 heavy (non-hydrogen) atoms. The third-order valence-corrected chi connectivity index (χ3v) is 4.11. The Balaban J connectivity index is 1.80. The van der Waals surface area contributed by atoms with Crippen LogP contribution in [0.15, 0.2) is 36.0 Å². The molecule has 1 atom stereocenters. The zero-order chi connectivity index (χ0) is 16.2. The highest BCUT2D eigenvalue weighted by molar-refractivity contribution is 6.04. The molecule has 2 heterocycles. The zero-order valence-electron chi connectivity index (χ0n) is 13.1. The molecule has 1 aromatic carbocycles. The van der Waals surface area contributed by atoms with E-state index in [2.05, 4.69) is 5.32 Å². The summed E-state index contributed by atoms with van der Waals surface area (Å²) in [5.41, 5.74) is 2.04. The minimum atomic E-state index is -0.351. The summed E-state index contributed by atoms with van der Waals surface area (Å²) in [6.07, 6.45) is 5.62. The fraction of sp³-hybridized carbons (Fsp3) is 0.333. The molecule has 0 spiro atoms. The fourth-order valence-corrected chi connectivity index (χ4v) is 2.90. The molecular formula is C18H19N3O2. The SMILES string of the molecule is Cn1cc(/C=C(\C#N)C(=O)NC[C@H]2CCCO2)c2ccccc21. The molecule has 0 saturated carbocycles. The lowest BCUT2D eigenvalue weighted by molar-refractivity contribution is -0.117. The Kier molecular flexibility index (Phi) is 4.45. The van der Waals surface area contributed by atoms with Gasteiger partial charge in [-0.1, -0.05) is 18.2 Å². The number of hydrogen-bond acceptors (Lipinski definition) is 3. The van der Waals surface area contributed by atoms with Gasteiger partial charge < -0.3 is 14.6 Å². The minimum absolute atomic E-state index is 0.0662. The van der Waals surface area contributed by atoms with Gasteiger partial charge >= 0.3 is 0 Å². The van der Waals surface area contributed by atoms with Crippen LogP contribution in [0.4, 0.5) is 0 Å². The van der Waals surface area contributed by atoms with E-state index in [0.29, 0.717) is 6.54 Å². The number of benzene rings is 1. The second-order valence-electron chi connectivity index (χ2n) is 5.73. The van der Waals surface area contributed by atoms with Crippen LogP contribution in [0.2, 0.25) is 0 Å². The molecule has 5 nitrogen and oxygen atoms in total. The van der Waals surface area contributed by atoms with Crippen molar-refractivity contribution in [1.29, 1.82) is 5.26 Å². The molecule has 0 radical (unpaired) electrons. The Labute approximate surface area is 135 Å². The van der Waals surface area contributed by atoms with Crippen molar-refractivity contribution in [3.05, 3.63) is 41.6 Å². The van der Waals surface area contributed by atoms with Crippen LogP contribution in [0.3, 0.4) is 0 Å². The van der Waals surface area contributed by atoms with Gasteiger partial charge in [0, 0.05) is 42.9 Å². The highest BCUT2D eigenvalue weighted by atomic mass is 16.5. The molecule has 1 fully saturated rings. The lowest BCUT2D eigenvalue weighted by Gasteiger charge is -2.10. The number of fused-ring (bicyclic) bond motifs is 1. The number of nitrogens with one attached hydrogen (secondary N) is 1. The third-order valence-electron chi connectivity index (χ3n) is 4.11. The summed E-state index contributed by atoms with van der Waals surface area (Å²) in [5, 5.41) is 13.1. The topological polar surface area (TPSA) is 67.0 Å². The molecule has 5 heteroatoms. The number of nitrogens with zero attached hydrogens (tertiary/aromatic N) is 2. The molecule has 0 aliphatic carbocycles. The van der Waals surface area contributed by atoms with Gasteiger partial charge in [0.1, 0.15) is 11.6 Å². The van der Waals surface area contributed by atoms with Gasteiger partial charge in [-0.2, -0.15) is 5.26 Å². The fourth-order valence-electron chi connectivity index (χ4n) is 2.90. The average Bonchev–Trinajstić information content (AvgIpc) is 3.19. The van der Waals surface area contributed by atoms with Gasteiger partial charge in [0.25, 0.3) is 5.91 Å². The Hall–Kier alpha value is -2.58. The largest absolute Gasteiger partial charge is 0.376 e. The summed E-state index contributed by atoms with van der Waals surface area (Å²) in [6, 6.07) is 9.91. The molecule has 1 aliphatic heterocycles. The van der Waals surface area contributed by atoms with Gasteiger partial charge in [-0.05, 0) is 25.0 Å². The van der Waals surface area contributed by atoms with Crippen LogP contribution < -0.4 is 5.32 Å². The predicted octanol–water partition coefficient (Wildman–Crippen LogP) is 2.38. The number of carbonyl (C=O) groups excluding carboxylic acids is 1. The number of amides is 1. The molecular weight excluding hydrogens is 290 g/mol. The first-order valence-corrected chi connectivity index (χ1v) is 7.74. The lowest BCUT2D eigenvalue weighted by Crippen LogP contribution is -2.32. The van der Waals surface area contributed by atoms with Crippen molar-refractivity contribution < 1.29 is 9.53 Å². The first-order valence-electron chi connectivity index (χ1n) is 7.74. The average molecular weight is 309 g/mol. The standard InChI is InChI=1S/C18H19N3O2/c1-21-12-14(16-6-2-3-7-17(16)21)9-13(10-19)18(22)20-11-15-5-4-8-23-15/h2-3,6-7,9,12,15H,4-5,8,11H2,1H3,(H,20,22)/b13-9+/t15-/m1/s1. The van der Waals surface area contributed by atoms with Crippen LogP contribution in [-0.2, 0) is 16.6 Å². The van der Waals surface area contributed by atoms with Gasteiger partial charge in [-0.15, -0.1) is 0 Å². The van der Waals surface area contributed by atoms with Gasteiger partial charge in [0.15, 0.2) is 0 Å². The number of para-hydroxylation sites is 1. The summed E-state index contributed by atoms with van der Waals surface area (Å²) in [4.78, 5) is 12.2. The normalized spacial score (nSPS) is 18.1. The Morgan fingerprint density at radius 2 is 2.35 bits per heavy atom. The number of carbonyl (C=O) groups is 1. The van der Waals surface area contributed by atoms with E-state index in [1.807, 2.05) is 48.1 Å². The summed E-state index contributed by atoms with van der Waals surface area (Å²) >= 11 is 0. The van der Waals surface area contributed by atoms with Crippen LogP contribution in [0.25, 0.3) is 17.0 Å². The van der Waals surface area contributed by atoms with Crippen molar-refractivity contribution in [2.45, 2.75) is 18.9 Å². The number of aryl methyl sites for hydroxylation is 1. The van der Waals surface area contributed by atoms with Crippen molar-refractivity contribution in [2.24, 2.45) is 7.05 Å². The first-order chi connectivity index (χ1) is 11.2. The Morgan fingerprint density at radius 3 is 3.09 bits per heavy atom. The number of aromatic nitrogens is 1. The minimum Gasteiger partial charge on any atom is -0.376 e. The molecule has 1 N–H and O–H groups in total. The summed E-state index contributed by atoms with van der Waals surface area (Å²) in [6.45, 7) is 1.20. The second-order valence-corrected chi connectivity index (χ2v) is 5.73. The van der Waals surface area contributed by atoms with E-state index in [0.717, 1.165) is 35.9 Å². The lowest BCUT2D eigenvalue weighted by atomic mass is 10.1. The Bertz CT molecular complexity index is 792. The quantitative estimate of drug-likeness (QED) is 0.696. The number of ether oxygens (including phenoxy) is 1. The van der Waals surface area contributed by atoms with E-state index in [1.54, 1.807) is 6.08 Å². The molecule has 118 valence electrons. The smallest absolute Gasteiger partial charge is 0.262 e. The maximum atomic E-state index is 12.2. The molecule has 2 aromatic rings. The van der Waals surface area contributed by atoms with Crippen molar-refractivity contribution in [3.8, 4) is 6.07 Å². The van der Waals surface area contributed by atoms with E-state index >= 15 is 0 Å². The molecule has 0 bridgehead atoms. The van der Waals surface area contributed by atoms with Crippen LogP contribution in [0, 0.1) is 11.3 Å². The van der Waals surface area contributed by atoms with Gasteiger partial charge in [0.2, 0.25) is 0 Å². The highest BCUT2D eigenvalue weighted by Crippen LogP contribution is 2.22. The van der Waals surface area contributed by atoms with E-state index in [1.165, 1.54) is 0 Å². The molecule has 0 unspecified atom stereocenters. The summed E-state index contributed by atoms with van der Waals surface area (Å²) < 4.78 is 7.46. The second kappa shape index (κ2) is 6.67. The highest BCUT2D eigenvalue weighted by Gasteiger charge is 2.18. The summed E-state index contributed by atoms with van der Waals surface area (Å²) in [5.74, 6) is -0.351. The van der Waals surface area contributed by atoms with E-state index in [-0.39, 0.29) is 17.6 Å². The molecule has 1 aromatic heterocycles. The van der Waals surface area contributed by atoms with Crippen molar-refractivity contribution >= 4 is 22.9 Å². The van der Waals surface area contributed by atoms with Crippen molar-refractivity contribution in [1.82, 2.24) is 9.88 Å². The third kappa shape index (κ3) is 3.27. The van der Waals surface area contributed by atoms with E-state index in [9.17, 15) is 10.1 Å². The number of hydrogen-bond donors (Lipinski definition) is 1. The monoisotopic (exact) mass is 309 g/mol. The summed E-state index contributed by atoms with van der Waals surface area (Å²) in [7, 11) is 1.95. The molecule has 1 amide bonds. The van der Waals surface area contributed by atoms with Crippen LogP contribution in [-0.4, -0.2) is 29.7 Å². The maximum Gasteiger partial charge on any atom is 0.262 e. The van der Waals surface area contributed by atoms with Crippen LogP contribution >= 0.6 is 0 Å². The van der Waals surface area contributed by atoms with Gasteiger partial charge in [-0.3, -0.25) is 4.79 Å². The van der Waals surface area contributed by atoms with E-state index in [4.69, 9.17) is 4.74 Å². The molecule has 3 rings (SSSR count).